The number of methoxy groups -OCH3 is 1. The molecular weight excluding hydrogens is 293 g/mol. The standard InChI is InChI=1S/C16H11ClFNO2/c1-21-11-2-3-15-9(4-11)5-16(19-15)12-6-10(17)7-14(18)13(12)8-20/h2-8,19H,1H3. The van der Waals surface area contributed by atoms with Crippen molar-refractivity contribution in [2.24, 2.45) is 0 Å². The molecule has 0 bridgehead atoms. The molecule has 0 atom stereocenters. The van der Waals surface area contributed by atoms with E-state index >= 15 is 0 Å². The second-order valence-corrected chi connectivity index (χ2v) is 5.04. The van der Waals surface area contributed by atoms with Crippen LogP contribution in [0.1, 0.15) is 10.4 Å². The number of halogens is 2. The predicted octanol–water partition coefficient (Wildman–Crippen LogP) is 4.45. The number of aromatic amines is 1. The smallest absolute Gasteiger partial charge is 0.153 e. The van der Waals surface area contributed by atoms with Crippen molar-refractivity contribution in [3.8, 4) is 17.0 Å². The molecule has 0 saturated heterocycles. The molecule has 1 heterocycles. The quantitative estimate of drug-likeness (QED) is 0.726. The SMILES string of the molecule is COc1ccc2[nH]c(-c3cc(Cl)cc(F)c3C=O)cc2c1. The van der Waals surface area contributed by atoms with Crippen LogP contribution in [0.2, 0.25) is 5.02 Å². The molecule has 2 aromatic carbocycles. The predicted molar refractivity (Wildman–Crippen MR) is 80.6 cm³/mol. The van der Waals surface area contributed by atoms with Crippen LogP contribution in [0.25, 0.3) is 22.2 Å². The molecule has 5 heteroatoms. The average Bonchev–Trinajstić information content (AvgIpc) is 2.89. The van der Waals surface area contributed by atoms with Crippen molar-refractivity contribution >= 4 is 28.8 Å². The molecule has 0 aliphatic heterocycles. The maximum Gasteiger partial charge on any atom is 0.153 e. The highest BCUT2D eigenvalue weighted by molar-refractivity contribution is 6.31. The van der Waals surface area contributed by atoms with Crippen LogP contribution < -0.4 is 4.74 Å². The number of H-pyrrole nitrogens is 1. The molecule has 1 N–H and O–H groups in total. The van der Waals surface area contributed by atoms with E-state index in [1.54, 1.807) is 13.2 Å². The Morgan fingerprint density at radius 3 is 2.76 bits per heavy atom. The number of rotatable bonds is 3. The number of carbonyl (C=O) groups excluding carboxylic acids is 1. The molecule has 0 fully saturated rings. The van der Waals surface area contributed by atoms with E-state index in [2.05, 4.69) is 4.98 Å². The van der Waals surface area contributed by atoms with Gasteiger partial charge >= 0.3 is 0 Å². The second-order valence-electron chi connectivity index (χ2n) is 4.60. The Morgan fingerprint density at radius 2 is 2.05 bits per heavy atom. The first-order valence-corrected chi connectivity index (χ1v) is 6.61. The number of hydrogen-bond acceptors (Lipinski definition) is 2. The van der Waals surface area contributed by atoms with Gasteiger partial charge < -0.3 is 9.72 Å². The molecule has 3 aromatic rings. The van der Waals surface area contributed by atoms with Crippen LogP contribution in [-0.2, 0) is 0 Å². The van der Waals surface area contributed by atoms with Gasteiger partial charge in [0.1, 0.15) is 11.6 Å². The van der Waals surface area contributed by atoms with Gasteiger partial charge in [-0.25, -0.2) is 4.39 Å². The Kier molecular flexibility index (Phi) is 3.39. The summed E-state index contributed by atoms with van der Waals surface area (Å²) < 4.78 is 19.0. The minimum Gasteiger partial charge on any atom is -0.497 e. The van der Waals surface area contributed by atoms with Crippen LogP contribution in [0.4, 0.5) is 4.39 Å². The summed E-state index contributed by atoms with van der Waals surface area (Å²) in [4.78, 5) is 14.3. The molecule has 0 spiro atoms. The van der Waals surface area contributed by atoms with Gasteiger partial charge in [-0.05, 0) is 36.4 Å². The third-order valence-electron chi connectivity index (χ3n) is 3.33. The van der Waals surface area contributed by atoms with Crippen molar-refractivity contribution in [3.63, 3.8) is 0 Å². The topological polar surface area (TPSA) is 42.1 Å². The van der Waals surface area contributed by atoms with Crippen LogP contribution in [0.5, 0.6) is 5.75 Å². The van der Waals surface area contributed by atoms with Crippen molar-refractivity contribution in [1.82, 2.24) is 4.98 Å². The zero-order chi connectivity index (χ0) is 15.0. The van der Waals surface area contributed by atoms with Crippen molar-refractivity contribution in [2.45, 2.75) is 0 Å². The Morgan fingerprint density at radius 1 is 1.24 bits per heavy atom. The third-order valence-corrected chi connectivity index (χ3v) is 3.55. The summed E-state index contributed by atoms with van der Waals surface area (Å²) in [7, 11) is 1.59. The highest BCUT2D eigenvalue weighted by Crippen LogP contribution is 2.31. The van der Waals surface area contributed by atoms with E-state index in [1.807, 2.05) is 24.3 Å². The lowest BCUT2D eigenvalue weighted by atomic mass is 10.0. The average molecular weight is 304 g/mol. The van der Waals surface area contributed by atoms with Crippen LogP contribution in [0.15, 0.2) is 36.4 Å². The lowest BCUT2D eigenvalue weighted by molar-refractivity contribution is 0.112. The second kappa shape index (κ2) is 5.22. The molecule has 0 amide bonds. The van der Waals surface area contributed by atoms with Crippen molar-refractivity contribution < 1.29 is 13.9 Å². The molecule has 3 rings (SSSR count). The lowest BCUT2D eigenvalue weighted by Gasteiger charge is -2.04. The Labute approximate surface area is 125 Å². The van der Waals surface area contributed by atoms with Crippen molar-refractivity contribution in [3.05, 3.63) is 52.8 Å². The molecule has 0 aliphatic carbocycles. The molecular formula is C16H11ClFNO2. The molecule has 0 saturated carbocycles. The maximum absolute atomic E-state index is 13.8. The number of nitrogens with one attached hydrogen (secondary N) is 1. The number of fused-ring (bicyclic) bond motifs is 1. The van der Waals surface area contributed by atoms with Crippen LogP contribution in [0.3, 0.4) is 0 Å². The summed E-state index contributed by atoms with van der Waals surface area (Å²) in [5, 5.41) is 1.14. The summed E-state index contributed by atoms with van der Waals surface area (Å²) in [5.41, 5.74) is 1.91. The first-order valence-electron chi connectivity index (χ1n) is 6.23. The lowest BCUT2D eigenvalue weighted by Crippen LogP contribution is -1.93. The van der Waals surface area contributed by atoms with E-state index in [-0.39, 0.29) is 10.6 Å². The highest BCUT2D eigenvalue weighted by Gasteiger charge is 2.14. The number of aldehydes is 1. The van der Waals surface area contributed by atoms with Gasteiger partial charge in [0.15, 0.2) is 6.29 Å². The molecule has 21 heavy (non-hydrogen) atoms. The molecule has 0 radical (unpaired) electrons. The summed E-state index contributed by atoms with van der Waals surface area (Å²) in [6, 6.07) is 10.1. The highest BCUT2D eigenvalue weighted by atomic mass is 35.5. The van der Waals surface area contributed by atoms with Crippen LogP contribution in [-0.4, -0.2) is 18.4 Å². The molecule has 106 valence electrons. The van der Waals surface area contributed by atoms with Gasteiger partial charge in [-0.1, -0.05) is 11.6 Å². The summed E-state index contributed by atoms with van der Waals surface area (Å²) >= 11 is 5.89. The van der Waals surface area contributed by atoms with E-state index in [0.29, 0.717) is 17.5 Å². The van der Waals surface area contributed by atoms with Gasteiger partial charge in [-0.15, -0.1) is 0 Å². The van der Waals surface area contributed by atoms with Gasteiger partial charge in [0.05, 0.1) is 12.7 Å². The van der Waals surface area contributed by atoms with E-state index in [4.69, 9.17) is 16.3 Å². The number of benzene rings is 2. The summed E-state index contributed by atoms with van der Waals surface area (Å²) in [5.74, 6) is 0.0877. The Hall–Kier alpha value is -2.33. The number of ether oxygens (including phenoxy) is 1. The monoisotopic (exact) mass is 303 g/mol. The fraction of sp³-hybridized carbons (Fsp3) is 0.0625. The fourth-order valence-corrected chi connectivity index (χ4v) is 2.52. The number of hydrogen-bond donors (Lipinski definition) is 1. The van der Waals surface area contributed by atoms with Gasteiger partial charge in [0.25, 0.3) is 0 Å². The van der Waals surface area contributed by atoms with Gasteiger partial charge in [-0.3, -0.25) is 4.79 Å². The number of aromatic nitrogens is 1. The Balaban J connectivity index is 2.23. The van der Waals surface area contributed by atoms with Crippen LogP contribution in [0, 0.1) is 5.82 Å². The van der Waals surface area contributed by atoms with E-state index in [1.165, 1.54) is 0 Å². The minimum atomic E-state index is -0.635. The van der Waals surface area contributed by atoms with E-state index < -0.39 is 5.82 Å². The first kappa shape index (κ1) is 13.6. The number of carbonyl (C=O) groups is 1. The van der Waals surface area contributed by atoms with Crippen molar-refractivity contribution in [1.29, 1.82) is 0 Å². The molecule has 0 unspecified atom stereocenters. The van der Waals surface area contributed by atoms with Gasteiger partial charge in [0, 0.05) is 27.2 Å². The molecule has 3 nitrogen and oxygen atoms in total. The van der Waals surface area contributed by atoms with E-state index in [9.17, 15) is 9.18 Å². The third kappa shape index (κ3) is 2.38. The minimum absolute atomic E-state index is 0.0158. The van der Waals surface area contributed by atoms with Gasteiger partial charge in [0.2, 0.25) is 0 Å². The van der Waals surface area contributed by atoms with E-state index in [0.717, 1.165) is 22.7 Å². The maximum atomic E-state index is 13.8. The van der Waals surface area contributed by atoms with Crippen LogP contribution >= 0.6 is 11.6 Å². The fourth-order valence-electron chi connectivity index (χ4n) is 2.31. The zero-order valence-electron chi connectivity index (χ0n) is 11.1. The Bertz CT molecular complexity index is 842. The normalized spacial score (nSPS) is 10.8. The molecule has 1 aromatic heterocycles. The van der Waals surface area contributed by atoms with Gasteiger partial charge in [-0.2, -0.15) is 0 Å². The zero-order valence-corrected chi connectivity index (χ0v) is 11.9. The van der Waals surface area contributed by atoms with Crippen molar-refractivity contribution in [2.75, 3.05) is 7.11 Å². The summed E-state index contributed by atoms with van der Waals surface area (Å²) in [6.07, 6.45) is 0.493. The largest absolute Gasteiger partial charge is 0.497 e. The molecule has 0 aliphatic rings. The first-order chi connectivity index (χ1) is 10.1. The summed E-state index contributed by atoms with van der Waals surface area (Å²) in [6.45, 7) is 0.